The Morgan fingerprint density at radius 2 is 1.67 bits per heavy atom. The SMILES string of the molecule is CCOC(CCNc1c(Br)cccc1Br)OCC. The molecule has 0 aliphatic carbocycles. The summed E-state index contributed by atoms with van der Waals surface area (Å²) in [5.41, 5.74) is 1.06. The number of rotatable bonds is 8. The largest absolute Gasteiger partial charge is 0.383 e. The molecule has 0 saturated carbocycles. The predicted molar refractivity (Wildman–Crippen MR) is 82.0 cm³/mol. The van der Waals surface area contributed by atoms with Crippen LogP contribution in [0.25, 0.3) is 0 Å². The second-order valence-corrected chi connectivity index (χ2v) is 5.36. The molecule has 0 aliphatic heterocycles. The van der Waals surface area contributed by atoms with Crippen LogP contribution >= 0.6 is 31.9 Å². The zero-order chi connectivity index (χ0) is 13.4. The predicted octanol–water partition coefficient (Wildman–Crippen LogP) is 4.41. The minimum atomic E-state index is -0.131. The Morgan fingerprint density at radius 1 is 1.11 bits per heavy atom. The zero-order valence-corrected chi connectivity index (χ0v) is 13.9. The minimum absolute atomic E-state index is 0.131. The number of anilines is 1. The fraction of sp³-hybridized carbons (Fsp3) is 0.538. The Bertz CT molecular complexity index is 335. The molecule has 1 N–H and O–H groups in total. The summed E-state index contributed by atoms with van der Waals surface area (Å²) >= 11 is 7.04. The maximum atomic E-state index is 5.50. The van der Waals surface area contributed by atoms with E-state index in [9.17, 15) is 0 Å². The summed E-state index contributed by atoms with van der Waals surface area (Å²) < 4.78 is 13.1. The highest BCUT2D eigenvalue weighted by atomic mass is 79.9. The third-order valence-electron chi connectivity index (χ3n) is 2.35. The average molecular weight is 381 g/mol. The number of ether oxygens (including phenoxy) is 2. The smallest absolute Gasteiger partial charge is 0.159 e. The molecule has 0 bridgehead atoms. The molecule has 0 radical (unpaired) electrons. The maximum Gasteiger partial charge on any atom is 0.159 e. The van der Waals surface area contributed by atoms with Crippen molar-refractivity contribution in [3.8, 4) is 0 Å². The summed E-state index contributed by atoms with van der Waals surface area (Å²) in [4.78, 5) is 0. The first kappa shape index (κ1) is 16.0. The van der Waals surface area contributed by atoms with Crippen LogP contribution in [0.5, 0.6) is 0 Å². The fourth-order valence-electron chi connectivity index (χ4n) is 1.57. The van der Waals surface area contributed by atoms with E-state index in [0.717, 1.165) is 27.6 Å². The molecule has 1 aromatic rings. The highest BCUT2D eigenvalue weighted by Gasteiger charge is 2.09. The van der Waals surface area contributed by atoms with Gasteiger partial charge in [-0.1, -0.05) is 6.07 Å². The molecular formula is C13H19Br2NO2. The van der Waals surface area contributed by atoms with E-state index in [2.05, 4.69) is 37.2 Å². The van der Waals surface area contributed by atoms with E-state index in [1.807, 2.05) is 32.0 Å². The van der Waals surface area contributed by atoms with E-state index in [-0.39, 0.29) is 6.29 Å². The summed E-state index contributed by atoms with van der Waals surface area (Å²) in [5.74, 6) is 0. The number of nitrogens with one attached hydrogen (secondary N) is 1. The van der Waals surface area contributed by atoms with Crippen LogP contribution in [0.4, 0.5) is 5.69 Å². The van der Waals surface area contributed by atoms with Gasteiger partial charge in [0.15, 0.2) is 6.29 Å². The molecule has 1 rings (SSSR count). The molecule has 0 heterocycles. The molecule has 0 atom stereocenters. The number of hydrogen-bond acceptors (Lipinski definition) is 3. The van der Waals surface area contributed by atoms with E-state index in [4.69, 9.17) is 9.47 Å². The first-order valence-electron chi connectivity index (χ1n) is 6.10. The van der Waals surface area contributed by atoms with Crippen LogP contribution in [0.1, 0.15) is 20.3 Å². The van der Waals surface area contributed by atoms with E-state index >= 15 is 0 Å². The first-order valence-corrected chi connectivity index (χ1v) is 7.68. The Hall–Kier alpha value is -0.100. The Morgan fingerprint density at radius 3 is 2.17 bits per heavy atom. The van der Waals surface area contributed by atoms with E-state index in [1.54, 1.807) is 0 Å². The summed E-state index contributed by atoms with van der Waals surface area (Å²) in [5, 5.41) is 3.37. The van der Waals surface area contributed by atoms with Gasteiger partial charge in [-0.15, -0.1) is 0 Å². The Balaban J connectivity index is 2.44. The Kier molecular flexibility index (Phi) is 7.90. The zero-order valence-electron chi connectivity index (χ0n) is 10.7. The monoisotopic (exact) mass is 379 g/mol. The highest BCUT2D eigenvalue weighted by Crippen LogP contribution is 2.30. The fourth-order valence-corrected chi connectivity index (χ4v) is 2.85. The van der Waals surface area contributed by atoms with Crippen molar-refractivity contribution in [3.63, 3.8) is 0 Å². The van der Waals surface area contributed by atoms with Crippen LogP contribution in [0.15, 0.2) is 27.1 Å². The minimum Gasteiger partial charge on any atom is -0.383 e. The van der Waals surface area contributed by atoms with Gasteiger partial charge < -0.3 is 14.8 Å². The van der Waals surface area contributed by atoms with Crippen molar-refractivity contribution in [1.82, 2.24) is 0 Å². The lowest BCUT2D eigenvalue weighted by Crippen LogP contribution is -2.21. The molecule has 5 heteroatoms. The molecule has 1 aromatic carbocycles. The van der Waals surface area contributed by atoms with Crippen molar-refractivity contribution < 1.29 is 9.47 Å². The van der Waals surface area contributed by atoms with Gasteiger partial charge in [0, 0.05) is 35.1 Å². The summed E-state index contributed by atoms with van der Waals surface area (Å²) in [7, 11) is 0. The van der Waals surface area contributed by atoms with Gasteiger partial charge in [-0.25, -0.2) is 0 Å². The van der Waals surface area contributed by atoms with Gasteiger partial charge in [-0.2, -0.15) is 0 Å². The molecule has 0 aliphatic rings. The highest BCUT2D eigenvalue weighted by molar-refractivity contribution is 9.11. The molecule has 0 unspecified atom stereocenters. The third-order valence-corrected chi connectivity index (χ3v) is 3.67. The van der Waals surface area contributed by atoms with Crippen LogP contribution in [0.2, 0.25) is 0 Å². The van der Waals surface area contributed by atoms with Crippen LogP contribution in [-0.2, 0) is 9.47 Å². The second-order valence-electron chi connectivity index (χ2n) is 3.65. The van der Waals surface area contributed by atoms with Crippen LogP contribution in [0, 0.1) is 0 Å². The molecule has 102 valence electrons. The molecule has 0 aromatic heterocycles. The number of halogens is 2. The van der Waals surface area contributed by atoms with E-state index < -0.39 is 0 Å². The molecule has 18 heavy (non-hydrogen) atoms. The van der Waals surface area contributed by atoms with Gasteiger partial charge in [0.1, 0.15) is 0 Å². The van der Waals surface area contributed by atoms with Crippen molar-refractivity contribution in [2.45, 2.75) is 26.6 Å². The van der Waals surface area contributed by atoms with Crippen LogP contribution in [-0.4, -0.2) is 26.0 Å². The summed E-state index contributed by atoms with van der Waals surface area (Å²) in [6.45, 7) is 6.09. The number of benzene rings is 1. The van der Waals surface area contributed by atoms with Crippen molar-refractivity contribution >= 4 is 37.5 Å². The van der Waals surface area contributed by atoms with E-state index in [0.29, 0.717) is 13.2 Å². The molecule has 0 saturated heterocycles. The average Bonchev–Trinajstić information content (AvgIpc) is 2.33. The standard InChI is InChI=1S/C13H19Br2NO2/c1-3-17-12(18-4-2)8-9-16-13-10(14)6-5-7-11(13)15/h5-7,12,16H,3-4,8-9H2,1-2H3. The van der Waals surface area contributed by atoms with Crippen LogP contribution in [0.3, 0.4) is 0 Å². The van der Waals surface area contributed by atoms with Gasteiger partial charge in [-0.3, -0.25) is 0 Å². The lowest BCUT2D eigenvalue weighted by Gasteiger charge is -2.18. The molecule has 0 spiro atoms. The van der Waals surface area contributed by atoms with Gasteiger partial charge >= 0.3 is 0 Å². The van der Waals surface area contributed by atoms with Gasteiger partial charge in [0.2, 0.25) is 0 Å². The summed E-state index contributed by atoms with van der Waals surface area (Å²) in [6.07, 6.45) is 0.684. The van der Waals surface area contributed by atoms with Crippen molar-refractivity contribution in [2.24, 2.45) is 0 Å². The number of hydrogen-bond donors (Lipinski definition) is 1. The molecule has 0 amide bonds. The van der Waals surface area contributed by atoms with Gasteiger partial charge in [-0.05, 0) is 57.8 Å². The van der Waals surface area contributed by atoms with Crippen molar-refractivity contribution in [3.05, 3.63) is 27.1 Å². The third kappa shape index (κ3) is 5.26. The first-order chi connectivity index (χ1) is 8.69. The quantitative estimate of drug-likeness (QED) is 0.677. The van der Waals surface area contributed by atoms with Crippen molar-refractivity contribution in [2.75, 3.05) is 25.1 Å². The lowest BCUT2D eigenvalue weighted by atomic mass is 10.3. The van der Waals surface area contributed by atoms with Gasteiger partial charge in [0.05, 0.1) is 5.69 Å². The van der Waals surface area contributed by atoms with Crippen molar-refractivity contribution in [1.29, 1.82) is 0 Å². The molecular weight excluding hydrogens is 362 g/mol. The normalized spacial score (nSPS) is 10.9. The summed E-state index contributed by atoms with van der Waals surface area (Å²) in [6, 6.07) is 6.01. The van der Waals surface area contributed by atoms with Crippen LogP contribution < -0.4 is 5.32 Å². The second kappa shape index (κ2) is 8.91. The maximum absolute atomic E-state index is 5.50. The van der Waals surface area contributed by atoms with E-state index in [1.165, 1.54) is 0 Å². The molecule has 0 fully saturated rings. The molecule has 3 nitrogen and oxygen atoms in total. The lowest BCUT2D eigenvalue weighted by molar-refractivity contribution is -0.137. The Labute approximate surface area is 125 Å². The number of para-hydroxylation sites is 1. The topological polar surface area (TPSA) is 30.5 Å². The van der Waals surface area contributed by atoms with Gasteiger partial charge in [0.25, 0.3) is 0 Å².